The molecule has 1 N–H and O–H groups in total. The van der Waals surface area contributed by atoms with Crippen LogP contribution in [-0.4, -0.2) is 36.3 Å². The Morgan fingerprint density at radius 1 is 1.09 bits per heavy atom. The lowest BCUT2D eigenvalue weighted by atomic mass is 9.98. The van der Waals surface area contributed by atoms with E-state index in [1.165, 1.54) is 31.2 Å². The smallest absolute Gasteiger partial charge is 0.270 e. The predicted octanol–water partition coefficient (Wildman–Crippen LogP) is 4.95. The summed E-state index contributed by atoms with van der Waals surface area (Å²) in [6, 6.07) is 16.7. The van der Waals surface area contributed by atoms with Crippen LogP contribution in [0.15, 0.2) is 60.7 Å². The van der Waals surface area contributed by atoms with Gasteiger partial charge in [-0.2, -0.15) is 0 Å². The molecule has 2 amide bonds. The first-order chi connectivity index (χ1) is 15.2. The number of ether oxygens (including phenoxy) is 1. The van der Waals surface area contributed by atoms with Crippen molar-refractivity contribution in [3.8, 4) is 11.5 Å². The van der Waals surface area contributed by atoms with Crippen LogP contribution < -0.4 is 10.1 Å². The Hall–Kier alpha value is -3.48. The average Bonchev–Trinajstić information content (AvgIpc) is 2.72. The quantitative estimate of drug-likeness (QED) is 0.592. The molecular formula is C25H24F2N2O3. The Labute approximate surface area is 185 Å². The fourth-order valence-electron chi connectivity index (χ4n) is 3.75. The van der Waals surface area contributed by atoms with Crippen molar-refractivity contribution in [1.82, 2.24) is 10.2 Å². The van der Waals surface area contributed by atoms with Gasteiger partial charge in [-0.25, -0.2) is 8.78 Å². The third-order valence-corrected chi connectivity index (χ3v) is 5.56. The monoisotopic (exact) mass is 438 g/mol. The number of halogens is 2. The number of carbonyl (C=O) groups is 2. The molecule has 32 heavy (non-hydrogen) atoms. The molecule has 0 radical (unpaired) electrons. The second-order valence-electron chi connectivity index (χ2n) is 8.22. The summed E-state index contributed by atoms with van der Waals surface area (Å²) >= 11 is 0. The van der Waals surface area contributed by atoms with Crippen molar-refractivity contribution in [1.29, 1.82) is 0 Å². The summed E-state index contributed by atoms with van der Waals surface area (Å²) in [5.41, 5.74) is 0.512. The van der Waals surface area contributed by atoms with Gasteiger partial charge in [0.25, 0.3) is 11.8 Å². The van der Waals surface area contributed by atoms with Gasteiger partial charge in [-0.1, -0.05) is 12.1 Å². The maximum Gasteiger partial charge on any atom is 0.270 e. The molecule has 5 nitrogen and oxygen atoms in total. The van der Waals surface area contributed by atoms with E-state index < -0.39 is 5.92 Å². The number of rotatable bonds is 6. The fourth-order valence-corrected chi connectivity index (χ4v) is 3.75. The van der Waals surface area contributed by atoms with Crippen molar-refractivity contribution in [2.45, 2.75) is 19.8 Å². The molecule has 3 aromatic carbocycles. The van der Waals surface area contributed by atoms with E-state index in [2.05, 4.69) is 5.32 Å². The Morgan fingerprint density at radius 3 is 2.47 bits per heavy atom. The van der Waals surface area contributed by atoms with Gasteiger partial charge in [0.2, 0.25) is 5.91 Å². The minimum Gasteiger partial charge on any atom is -0.457 e. The van der Waals surface area contributed by atoms with Crippen molar-refractivity contribution in [3.63, 3.8) is 0 Å². The zero-order valence-electron chi connectivity index (χ0n) is 17.9. The number of amides is 2. The lowest BCUT2D eigenvalue weighted by molar-refractivity contribution is -0.119. The SMILES string of the molecule is CC(=O)NCC1CN(C(=O)c2ccc3c(Oc4ccc(C(C)(F)F)cc4)cccc3c2)C1. The van der Waals surface area contributed by atoms with Crippen LogP contribution in [0.5, 0.6) is 11.5 Å². The molecule has 0 aliphatic carbocycles. The van der Waals surface area contributed by atoms with Gasteiger partial charge in [0, 0.05) is 55.9 Å². The van der Waals surface area contributed by atoms with Gasteiger partial charge in [-0.15, -0.1) is 0 Å². The van der Waals surface area contributed by atoms with E-state index in [0.29, 0.717) is 36.7 Å². The van der Waals surface area contributed by atoms with E-state index in [4.69, 9.17) is 4.74 Å². The van der Waals surface area contributed by atoms with Crippen molar-refractivity contribution < 1.29 is 23.1 Å². The number of nitrogens with zero attached hydrogens (tertiary/aromatic N) is 1. The van der Waals surface area contributed by atoms with Crippen LogP contribution in [0.3, 0.4) is 0 Å². The Bertz CT molecular complexity index is 1150. The number of alkyl halides is 2. The molecule has 0 unspecified atom stereocenters. The van der Waals surface area contributed by atoms with Gasteiger partial charge in [0.1, 0.15) is 11.5 Å². The molecule has 3 aromatic rings. The van der Waals surface area contributed by atoms with Gasteiger partial charge in [-0.3, -0.25) is 9.59 Å². The number of hydrogen-bond donors (Lipinski definition) is 1. The zero-order chi connectivity index (χ0) is 22.9. The van der Waals surface area contributed by atoms with Crippen LogP contribution in [0.4, 0.5) is 8.78 Å². The predicted molar refractivity (Wildman–Crippen MR) is 118 cm³/mol. The molecule has 0 aromatic heterocycles. The van der Waals surface area contributed by atoms with E-state index in [1.807, 2.05) is 24.3 Å². The lowest BCUT2D eigenvalue weighted by Crippen LogP contribution is -2.53. The molecule has 0 spiro atoms. The number of likely N-dealkylation sites (tertiary alicyclic amines) is 1. The molecule has 1 saturated heterocycles. The van der Waals surface area contributed by atoms with Crippen LogP contribution in [0.2, 0.25) is 0 Å². The van der Waals surface area contributed by atoms with Crippen LogP contribution in [0, 0.1) is 5.92 Å². The first kappa shape index (κ1) is 21.7. The minimum absolute atomic E-state index is 0.0478. The number of hydrogen-bond acceptors (Lipinski definition) is 3. The Morgan fingerprint density at radius 2 is 1.81 bits per heavy atom. The Kier molecular flexibility index (Phi) is 5.82. The van der Waals surface area contributed by atoms with Gasteiger partial charge in [-0.05, 0) is 53.9 Å². The van der Waals surface area contributed by atoms with E-state index in [-0.39, 0.29) is 23.3 Å². The van der Waals surface area contributed by atoms with Crippen molar-refractivity contribution >= 4 is 22.6 Å². The molecule has 1 aliphatic heterocycles. The Balaban J connectivity index is 1.47. The average molecular weight is 438 g/mol. The summed E-state index contributed by atoms with van der Waals surface area (Å²) in [5.74, 6) is -1.70. The van der Waals surface area contributed by atoms with E-state index in [1.54, 1.807) is 17.0 Å². The molecule has 0 atom stereocenters. The van der Waals surface area contributed by atoms with Gasteiger partial charge in [0.05, 0.1) is 0 Å². The van der Waals surface area contributed by atoms with Crippen molar-refractivity contribution in [3.05, 3.63) is 71.8 Å². The van der Waals surface area contributed by atoms with E-state index >= 15 is 0 Å². The van der Waals surface area contributed by atoms with Crippen LogP contribution in [0.25, 0.3) is 10.8 Å². The molecule has 166 valence electrons. The summed E-state index contributed by atoms with van der Waals surface area (Å²) in [7, 11) is 0. The van der Waals surface area contributed by atoms with Crippen LogP contribution in [0.1, 0.15) is 29.8 Å². The summed E-state index contributed by atoms with van der Waals surface area (Å²) in [5, 5.41) is 4.45. The molecule has 0 bridgehead atoms. The highest BCUT2D eigenvalue weighted by Gasteiger charge is 2.31. The first-order valence-corrected chi connectivity index (χ1v) is 10.4. The third kappa shape index (κ3) is 4.72. The topological polar surface area (TPSA) is 58.6 Å². The molecule has 1 aliphatic rings. The molecule has 4 rings (SSSR count). The zero-order valence-corrected chi connectivity index (χ0v) is 17.9. The molecule has 7 heteroatoms. The van der Waals surface area contributed by atoms with Gasteiger partial charge in [0.15, 0.2) is 0 Å². The largest absolute Gasteiger partial charge is 0.457 e. The molecule has 1 heterocycles. The normalized spacial score (nSPS) is 14.2. The van der Waals surface area contributed by atoms with Crippen LogP contribution >= 0.6 is 0 Å². The number of nitrogens with one attached hydrogen (secondary N) is 1. The molecule has 0 saturated carbocycles. The summed E-state index contributed by atoms with van der Waals surface area (Å²) in [6.45, 7) is 4.15. The van der Waals surface area contributed by atoms with Gasteiger partial charge < -0.3 is 15.0 Å². The van der Waals surface area contributed by atoms with Gasteiger partial charge >= 0.3 is 0 Å². The number of carbonyl (C=O) groups excluding carboxylic acids is 2. The maximum atomic E-state index is 13.4. The summed E-state index contributed by atoms with van der Waals surface area (Å²) in [6.07, 6.45) is 0. The van der Waals surface area contributed by atoms with Crippen LogP contribution in [-0.2, 0) is 10.7 Å². The summed E-state index contributed by atoms with van der Waals surface area (Å²) < 4.78 is 32.8. The van der Waals surface area contributed by atoms with E-state index in [9.17, 15) is 18.4 Å². The lowest BCUT2D eigenvalue weighted by Gasteiger charge is -2.39. The van der Waals surface area contributed by atoms with Crippen molar-refractivity contribution in [2.24, 2.45) is 5.92 Å². The molecular weight excluding hydrogens is 414 g/mol. The number of fused-ring (bicyclic) bond motifs is 1. The highest BCUT2D eigenvalue weighted by Crippen LogP contribution is 2.33. The molecule has 1 fully saturated rings. The highest BCUT2D eigenvalue weighted by atomic mass is 19.3. The number of benzene rings is 3. The fraction of sp³-hybridized carbons (Fsp3) is 0.280. The third-order valence-electron chi connectivity index (χ3n) is 5.56. The first-order valence-electron chi connectivity index (χ1n) is 10.4. The van der Waals surface area contributed by atoms with E-state index in [0.717, 1.165) is 17.7 Å². The second kappa shape index (κ2) is 8.57. The van der Waals surface area contributed by atoms with Crippen molar-refractivity contribution in [2.75, 3.05) is 19.6 Å². The standard InChI is InChI=1S/C25H24F2N2O3/c1-16(30)28-13-17-14-29(15-17)24(31)19-6-11-22-18(12-19)4-3-5-23(22)32-21-9-7-20(8-10-21)25(2,26)27/h3-12,17H,13-15H2,1-2H3,(H,28,30). The second-order valence-corrected chi connectivity index (χ2v) is 8.22. The maximum absolute atomic E-state index is 13.4. The minimum atomic E-state index is -2.90. The highest BCUT2D eigenvalue weighted by molar-refractivity contribution is 6.00. The summed E-state index contributed by atoms with van der Waals surface area (Å²) in [4.78, 5) is 25.6.